The van der Waals surface area contributed by atoms with Gasteiger partial charge in [-0.2, -0.15) is 0 Å². The van der Waals surface area contributed by atoms with Crippen molar-refractivity contribution in [3.8, 4) is 0 Å². The van der Waals surface area contributed by atoms with Crippen molar-refractivity contribution in [2.45, 2.75) is 64.8 Å². The first-order valence-corrected chi connectivity index (χ1v) is 11.8. The zero-order chi connectivity index (χ0) is 22.9. The van der Waals surface area contributed by atoms with Gasteiger partial charge in [0.2, 0.25) is 0 Å². The summed E-state index contributed by atoms with van der Waals surface area (Å²) in [5, 5.41) is 20.9. The van der Waals surface area contributed by atoms with Crippen molar-refractivity contribution >= 4 is 5.97 Å². The van der Waals surface area contributed by atoms with Crippen LogP contribution >= 0.6 is 0 Å². The van der Waals surface area contributed by atoms with Crippen molar-refractivity contribution in [2.75, 3.05) is 13.2 Å². The fraction of sp³-hybridized carbons (Fsp3) is 0.593. The molecule has 1 saturated heterocycles. The molecule has 3 fully saturated rings. The van der Waals surface area contributed by atoms with Crippen molar-refractivity contribution in [1.29, 1.82) is 0 Å². The molecule has 5 nitrogen and oxygen atoms in total. The van der Waals surface area contributed by atoms with Crippen LogP contribution in [-0.2, 0) is 20.9 Å². The quantitative estimate of drug-likeness (QED) is 0.394. The Hall–Kier alpha value is -1.95. The molecule has 0 bridgehead atoms. The second-order valence-corrected chi connectivity index (χ2v) is 10.3. The molecule has 0 spiro atoms. The number of aliphatic hydroxyl groups is 2. The van der Waals surface area contributed by atoms with Gasteiger partial charge >= 0.3 is 5.97 Å². The fourth-order valence-electron chi connectivity index (χ4n) is 6.46. The standard InChI is InChI=1S/C27H36O5/c1-18-9-12-23-26(2,14-13-24(29)27(23,3)17-28)21(18)11-10-20-22(16-32-25(20)30)31-15-19-7-5-4-6-8-19/h4-8,10,21-24,28-29H,1,9,11-17H2,2-3H3/t21-,22+,23?,24+,26+,27-/m0/s1. The van der Waals surface area contributed by atoms with Crippen LogP contribution in [0.25, 0.3) is 0 Å². The Morgan fingerprint density at radius 3 is 2.72 bits per heavy atom. The van der Waals surface area contributed by atoms with E-state index in [-0.39, 0.29) is 42.5 Å². The van der Waals surface area contributed by atoms with E-state index in [0.717, 1.165) is 24.8 Å². The molecule has 0 amide bonds. The minimum atomic E-state index is -0.507. The lowest BCUT2D eigenvalue weighted by Crippen LogP contribution is -2.57. The first-order valence-electron chi connectivity index (χ1n) is 11.8. The summed E-state index contributed by atoms with van der Waals surface area (Å²) in [5.74, 6) is 0.0963. The zero-order valence-corrected chi connectivity index (χ0v) is 19.3. The molecule has 0 aromatic heterocycles. The van der Waals surface area contributed by atoms with E-state index in [1.807, 2.05) is 43.3 Å². The molecule has 3 aliphatic rings. The van der Waals surface area contributed by atoms with Gasteiger partial charge < -0.3 is 19.7 Å². The van der Waals surface area contributed by atoms with Crippen LogP contribution in [0.2, 0.25) is 0 Å². The molecular weight excluding hydrogens is 404 g/mol. The number of allylic oxidation sites excluding steroid dienone is 2. The maximum Gasteiger partial charge on any atom is 0.336 e. The topological polar surface area (TPSA) is 76.0 Å². The Kier molecular flexibility index (Phi) is 6.62. The number of benzene rings is 1. The van der Waals surface area contributed by atoms with Crippen molar-refractivity contribution in [2.24, 2.45) is 22.7 Å². The number of esters is 1. The molecule has 32 heavy (non-hydrogen) atoms. The van der Waals surface area contributed by atoms with E-state index in [9.17, 15) is 15.0 Å². The number of carbonyl (C=O) groups excluding carboxylic acids is 1. The third-order valence-corrected chi connectivity index (χ3v) is 8.51. The Balaban J connectivity index is 1.52. The predicted molar refractivity (Wildman–Crippen MR) is 123 cm³/mol. The summed E-state index contributed by atoms with van der Waals surface area (Å²) in [6, 6.07) is 9.92. The smallest absolute Gasteiger partial charge is 0.336 e. The van der Waals surface area contributed by atoms with E-state index in [1.165, 1.54) is 5.57 Å². The number of hydrogen-bond donors (Lipinski definition) is 2. The van der Waals surface area contributed by atoms with Crippen molar-refractivity contribution < 1.29 is 24.5 Å². The second-order valence-electron chi connectivity index (χ2n) is 10.3. The van der Waals surface area contributed by atoms with Crippen molar-refractivity contribution in [3.05, 3.63) is 59.7 Å². The molecular formula is C27H36O5. The Labute approximate surface area is 191 Å². The largest absolute Gasteiger partial charge is 0.459 e. The Morgan fingerprint density at radius 1 is 1.25 bits per heavy atom. The number of aliphatic hydroxyl groups excluding tert-OH is 2. The van der Waals surface area contributed by atoms with Gasteiger partial charge in [-0.05, 0) is 54.9 Å². The normalized spacial score (nSPS) is 38.6. The molecule has 2 saturated carbocycles. The molecule has 174 valence electrons. The molecule has 0 radical (unpaired) electrons. The predicted octanol–water partition coefficient (Wildman–Crippen LogP) is 4.19. The number of rotatable bonds is 6. The van der Waals surface area contributed by atoms with Crippen LogP contribution in [0.5, 0.6) is 0 Å². The van der Waals surface area contributed by atoms with Gasteiger partial charge in [-0.25, -0.2) is 4.79 Å². The summed E-state index contributed by atoms with van der Waals surface area (Å²) in [5.41, 5.74) is 2.27. The minimum absolute atomic E-state index is 0.0174. The number of carbonyl (C=O) groups is 1. The Bertz CT molecular complexity index is 877. The van der Waals surface area contributed by atoms with Gasteiger partial charge in [-0.3, -0.25) is 0 Å². The van der Waals surface area contributed by atoms with Gasteiger partial charge in [0.05, 0.1) is 24.9 Å². The van der Waals surface area contributed by atoms with E-state index in [2.05, 4.69) is 13.5 Å². The van der Waals surface area contributed by atoms with E-state index in [1.54, 1.807) is 0 Å². The van der Waals surface area contributed by atoms with Crippen LogP contribution < -0.4 is 0 Å². The second kappa shape index (κ2) is 9.12. The summed E-state index contributed by atoms with van der Waals surface area (Å²) in [4.78, 5) is 12.4. The maximum absolute atomic E-state index is 12.4. The summed E-state index contributed by atoms with van der Waals surface area (Å²) >= 11 is 0. The molecule has 2 aliphatic carbocycles. The lowest BCUT2D eigenvalue weighted by molar-refractivity contribution is -0.151. The number of cyclic esters (lactones) is 1. The van der Waals surface area contributed by atoms with Crippen molar-refractivity contribution in [3.63, 3.8) is 0 Å². The van der Waals surface area contributed by atoms with Crippen LogP contribution in [0.4, 0.5) is 0 Å². The van der Waals surface area contributed by atoms with E-state index < -0.39 is 11.5 Å². The van der Waals surface area contributed by atoms with Gasteiger partial charge in [0.25, 0.3) is 0 Å². The molecule has 2 N–H and O–H groups in total. The number of fused-ring (bicyclic) bond motifs is 1. The monoisotopic (exact) mass is 440 g/mol. The van der Waals surface area contributed by atoms with E-state index >= 15 is 0 Å². The summed E-state index contributed by atoms with van der Waals surface area (Å²) in [6.07, 6.45) is 5.22. The highest BCUT2D eigenvalue weighted by atomic mass is 16.6. The average molecular weight is 441 g/mol. The third kappa shape index (κ3) is 4.07. The molecule has 4 rings (SSSR count). The molecule has 6 atom stereocenters. The van der Waals surface area contributed by atoms with E-state index in [0.29, 0.717) is 25.0 Å². The maximum atomic E-state index is 12.4. The number of hydrogen-bond acceptors (Lipinski definition) is 5. The first kappa shape index (κ1) is 23.2. The molecule has 1 heterocycles. The molecule has 1 aliphatic heterocycles. The van der Waals surface area contributed by atoms with Crippen LogP contribution in [-0.4, -0.2) is 41.6 Å². The lowest BCUT2D eigenvalue weighted by Gasteiger charge is -2.59. The van der Waals surface area contributed by atoms with Gasteiger partial charge in [0.1, 0.15) is 12.7 Å². The van der Waals surface area contributed by atoms with Crippen molar-refractivity contribution in [1.82, 2.24) is 0 Å². The van der Waals surface area contributed by atoms with Crippen LogP contribution in [0, 0.1) is 22.7 Å². The highest BCUT2D eigenvalue weighted by Crippen LogP contribution is 2.61. The summed E-state index contributed by atoms with van der Waals surface area (Å²) < 4.78 is 11.3. The fourth-order valence-corrected chi connectivity index (χ4v) is 6.46. The Morgan fingerprint density at radius 2 is 2.00 bits per heavy atom. The van der Waals surface area contributed by atoms with Crippen LogP contribution in [0.3, 0.4) is 0 Å². The van der Waals surface area contributed by atoms with Crippen LogP contribution in [0.15, 0.2) is 54.1 Å². The van der Waals surface area contributed by atoms with Gasteiger partial charge in [0, 0.05) is 5.41 Å². The molecule has 1 unspecified atom stereocenters. The molecule has 5 heteroatoms. The zero-order valence-electron chi connectivity index (χ0n) is 19.3. The average Bonchev–Trinajstić information content (AvgIpc) is 3.14. The highest BCUT2D eigenvalue weighted by Gasteiger charge is 2.57. The minimum Gasteiger partial charge on any atom is -0.459 e. The third-order valence-electron chi connectivity index (χ3n) is 8.51. The van der Waals surface area contributed by atoms with Gasteiger partial charge in [-0.1, -0.05) is 62.4 Å². The SMILES string of the molecule is C=C1CCC2[C@](C)(CO)[C@H](O)CC[C@]2(C)[C@H]1CC=C1C(=O)OC[C@H]1OCc1ccccc1. The van der Waals surface area contributed by atoms with Gasteiger partial charge in [0.15, 0.2) is 0 Å². The van der Waals surface area contributed by atoms with E-state index in [4.69, 9.17) is 9.47 Å². The number of ether oxygens (including phenoxy) is 2. The first-order chi connectivity index (χ1) is 15.3. The van der Waals surface area contributed by atoms with Crippen LogP contribution in [0.1, 0.15) is 51.5 Å². The highest BCUT2D eigenvalue weighted by molar-refractivity contribution is 5.91. The summed E-state index contributed by atoms with van der Waals surface area (Å²) in [6.45, 7) is 9.34. The van der Waals surface area contributed by atoms with Gasteiger partial charge in [-0.15, -0.1) is 0 Å². The summed E-state index contributed by atoms with van der Waals surface area (Å²) in [7, 11) is 0. The molecule has 1 aromatic carbocycles. The molecule has 1 aromatic rings. The lowest BCUT2D eigenvalue weighted by atomic mass is 9.46.